The summed E-state index contributed by atoms with van der Waals surface area (Å²) in [5.41, 5.74) is 2.49. The zero-order valence-corrected chi connectivity index (χ0v) is 26.8. The van der Waals surface area contributed by atoms with E-state index in [1.807, 2.05) is 92.7 Å². The highest BCUT2D eigenvalue weighted by Gasteiger charge is 2.36. The molecule has 1 aliphatic rings. The van der Waals surface area contributed by atoms with Gasteiger partial charge in [0, 0.05) is 41.8 Å². The van der Waals surface area contributed by atoms with Crippen molar-refractivity contribution in [1.82, 2.24) is 10.2 Å². The molecule has 4 aromatic carbocycles. The minimum atomic E-state index is -3.72. The Morgan fingerprint density at radius 2 is 1.60 bits per heavy atom. The number of hydrogen-bond donors (Lipinski definition) is 1. The van der Waals surface area contributed by atoms with Crippen LogP contribution in [0.1, 0.15) is 44.2 Å². The molecule has 1 heterocycles. The summed E-state index contributed by atoms with van der Waals surface area (Å²) >= 11 is 3.47. The van der Waals surface area contributed by atoms with E-state index in [-0.39, 0.29) is 37.4 Å². The van der Waals surface area contributed by atoms with Crippen LogP contribution in [-0.4, -0.2) is 43.8 Å². The van der Waals surface area contributed by atoms with Gasteiger partial charge < -0.3 is 10.2 Å². The van der Waals surface area contributed by atoms with Gasteiger partial charge in [0.05, 0.1) is 10.6 Å². The van der Waals surface area contributed by atoms with Crippen LogP contribution < -0.4 is 9.62 Å². The standard InChI is InChI=1S/C34H36BrN3O4S/c1-3-24(2)36-34(40)30(22-25-10-5-4-6-11-25)37(23-26-17-19-28(35)20-18-26)32(39)16-9-21-38-29-14-7-12-27-13-8-15-31(33(27)29)43(38,41)42/h4-8,10-15,17-20,24,30H,3,9,16,21-23H2,1-2H3,(H,36,40)/t24-,30+/m0/s1. The van der Waals surface area contributed by atoms with Crippen molar-refractivity contribution in [3.8, 4) is 0 Å². The Kier molecular flexibility index (Phi) is 9.52. The predicted molar refractivity (Wildman–Crippen MR) is 174 cm³/mol. The van der Waals surface area contributed by atoms with Crippen LogP contribution in [-0.2, 0) is 32.6 Å². The molecule has 43 heavy (non-hydrogen) atoms. The first-order chi connectivity index (χ1) is 20.7. The lowest BCUT2D eigenvalue weighted by molar-refractivity contribution is -0.141. The number of anilines is 1. The average Bonchev–Trinajstić information content (AvgIpc) is 3.23. The van der Waals surface area contributed by atoms with E-state index in [2.05, 4.69) is 21.2 Å². The second-order valence-corrected chi connectivity index (χ2v) is 13.7. The molecule has 0 saturated carbocycles. The van der Waals surface area contributed by atoms with Crippen molar-refractivity contribution < 1.29 is 18.0 Å². The summed E-state index contributed by atoms with van der Waals surface area (Å²) in [7, 11) is -3.72. The Morgan fingerprint density at radius 1 is 0.907 bits per heavy atom. The molecule has 5 rings (SSSR count). The molecule has 0 aliphatic carbocycles. The van der Waals surface area contributed by atoms with E-state index in [0.29, 0.717) is 23.4 Å². The average molecular weight is 663 g/mol. The van der Waals surface area contributed by atoms with Crippen LogP contribution in [0.2, 0.25) is 0 Å². The molecule has 0 unspecified atom stereocenters. The summed E-state index contributed by atoms with van der Waals surface area (Å²) < 4.78 is 29.2. The van der Waals surface area contributed by atoms with Crippen LogP contribution in [0.5, 0.6) is 0 Å². The van der Waals surface area contributed by atoms with E-state index >= 15 is 0 Å². The minimum absolute atomic E-state index is 0.0416. The van der Waals surface area contributed by atoms with Crippen molar-refractivity contribution in [3.63, 3.8) is 0 Å². The third-order valence-electron chi connectivity index (χ3n) is 7.97. The maximum atomic E-state index is 14.0. The quantitative estimate of drug-likeness (QED) is 0.189. The van der Waals surface area contributed by atoms with Gasteiger partial charge in [0.1, 0.15) is 6.04 Å². The molecule has 2 atom stereocenters. The van der Waals surface area contributed by atoms with Gasteiger partial charge in [0.15, 0.2) is 0 Å². The molecular weight excluding hydrogens is 626 g/mol. The highest BCUT2D eigenvalue weighted by molar-refractivity contribution is 9.10. The van der Waals surface area contributed by atoms with Gasteiger partial charge in [0.25, 0.3) is 10.0 Å². The van der Waals surface area contributed by atoms with Crippen molar-refractivity contribution in [1.29, 1.82) is 0 Å². The Balaban J connectivity index is 1.40. The molecule has 224 valence electrons. The fourth-order valence-corrected chi connectivity index (χ4v) is 7.51. The summed E-state index contributed by atoms with van der Waals surface area (Å²) in [5.74, 6) is -0.400. The second kappa shape index (κ2) is 13.3. The third-order valence-corrected chi connectivity index (χ3v) is 10.4. The zero-order chi connectivity index (χ0) is 30.6. The first-order valence-electron chi connectivity index (χ1n) is 14.6. The van der Waals surface area contributed by atoms with Crippen LogP contribution in [0.4, 0.5) is 5.69 Å². The molecule has 9 heteroatoms. The summed E-state index contributed by atoms with van der Waals surface area (Å²) in [6.07, 6.45) is 1.54. The largest absolute Gasteiger partial charge is 0.352 e. The van der Waals surface area contributed by atoms with Crippen LogP contribution in [0.15, 0.2) is 100 Å². The Labute approximate surface area is 262 Å². The highest BCUT2D eigenvalue weighted by atomic mass is 79.9. The number of nitrogens with one attached hydrogen (secondary N) is 1. The number of carbonyl (C=O) groups is 2. The SMILES string of the molecule is CC[C@H](C)NC(=O)[C@@H](Cc1ccccc1)N(Cc1ccc(Br)cc1)C(=O)CCCN1c2cccc3cccc(c23)S1(=O)=O. The van der Waals surface area contributed by atoms with Crippen molar-refractivity contribution in [3.05, 3.63) is 107 Å². The molecule has 1 N–H and O–H groups in total. The highest BCUT2D eigenvalue weighted by Crippen LogP contribution is 2.42. The Bertz CT molecular complexity index is 1710. The van der Waals surface area contributed by atoms with E-state index < -0.39 is 16.1 Å². The molecular formula is C34H36BrN3O4S. The number of rotatable bonds is 12. The summed E-state index contributed by atoms with van der Waals surface area (Å²) in [6, 6.07) is 27.5. The number of carbonyl (C=O) groups excluding carboxylic acids is 2. The molecule has 4 aromatic rings. The van der Waals surface area contributed by atoms with Crippen LogP contribution in [0.25, 0.3) is 10.8 Å². The van der Waals surface area contributed by atoms with Gasteiger partial charge in [-0.25, -0.2) is 8.42 Å². The number of nitrogens with zero attached hydrogens (tertiary/aromatic N) is 2. The molecule has 7 nitrogen and oxygen atoms in total. The van der Waals surface area contributed by atoms with Gasteiger partial charge >= 0.3 is 0 Å². The minimum Gasteiger partial charge on any atom is -0.352 e. The zero-order valence-electron chi connectivity index (χ0n) is 24.4. The number of sulfonamides is 1. The second-order valence-electron chi connectivity index (χ2n) is 11.0. The fraction of sp³-hybridized carbons (Fsp3) is 0.294. The molecule has 0 spiro atoms. The predicted octanol–water partition coefficient (Wildman–Crippen LogP) is 6.45. The lowest BCUT2D eigenvalue weighted by atomic mass is 10.0. The Morgan fingerprint density at radius 3 is 2.30 bits per heavy atom. The first kappa shape index (κ1) is 30.8. The first-order valence-corrected chi connectivity index (χ1v) is 16.8. The van der Waals surface area contributed by atoms with Gasteiger partial charge in [-0.1, -0.05) is 89.6 Å². The topological polar surface area (TPSA) is 86.8 Å². The lowest BCUT2D eigenvalue weighted by Gasteiger charge is -2.32. The van der Waals surface area contributed by atoms with E-state index in [4.69, 9.17) is 0 Å². The normalized spacial score (nSPS) is 14.8. The van der Waals surface area contributed by atoms with Crippen LogP contribution in [0, 0.1) is 0 Å². The van der Waals surface area contributed by atoms with Crippen LogP contribution >= 0.6 is 15.9 Å². The van der Waals surface area contributed by atoms with Crippen LogP contribution in [0.3, 0.4) is 0 Å². The molecule has 0 bridgehead atoms. The summed E-state index contributed by atoms with van der Waals surface area (Å²) in [6.45, 7) is 4.38. The van der Waals surface area contributed by atoms with E-state index in [0.717, 1.165) is 32.8 Å². The maximum absolute atomic E-state index is 14.0. The molecule has 0 aromatic heterocycles. The van der Waals surface area contributed by atoms with Gasteiger partial charge in [-0.3, -0.25) is 13.9 Å². The van der Waals surface area contributed by atoms with Crippen molar-refractivity contribution in [2.75, 3.05) is 10.8 Å². The molecule has 2 amide bonds. The van der Waals surface area contributed by atoms with Crippen molar-refractivity contribution in [2.45, 2.75) is 63.1 Å². The summed E-state index contributed by atoms with van der Waals surface area (Å²) in [4.78, 5) is 29.7. The summed E-state index contributed by atoms with van der Waals surface area (Å²) in [5, 5.41) is 4.67. The van der Waals surface area contributed by atoms with Crippen molar-refractivity contribution >= 4 is 54.2 Å². The molecule has 1 aliphatic heterocycles. The van der Waals surface area contributed by atoms with Crippen molar-refractivity contribution in [2.24, 2.45) is 0 Å². The Hall–Kier alpha value is -3.69. The van der Waals surface area contributed by atoms with Gasteiger partial charge in [-0.2, -0.15) is 0 Å². The number of benzene rings is 4. The number of amides is 2. The van der Waals surface area contributed by atoms with E-state index in [1.54, 1.807) is 17.0 Å². The number of halogens is 1. The molecule has 0 fully saturated rings. The monoisotopic (exact) mass is 661 g/mol. The van der Waals surface area contributed by atoms with Gasteiger partial charge in [-0.05, 0) is 60.5 Å². The van der Waals surface area contributed by atoms with Gasteiger partial charge in [-0.15, -0.1) is 0 Å². The van der Waals surface area contributed by atoms with E-state index in [1.165, 1.54) is 4.31 Å². The fourth-order valence-electron chi connectivity index (χ4n) is 5.50. The van der Waals surface area contributed by atoms with E-state index in [9.17, 15) is 18.0 Å². The smallest absolute Gasteiger partial charge is 0.265 e. The molecule has 0 saturated heterocycles. The number of hydrogen-bond acceptors (Lipinski definition) is 4. The lowest BCUT2D eigenvalue weighted by Crippen LogP contribution is -2.52. The van der Waals surface area contributed by atoms with Gasteiger partial charge in [0.2, 0.25) is 11.8 Å². The third kappa shape index (κ3) is 6.78. The molecule has 0 radical (unpaired) electrons. The maximum Gasteiger partial charge on any atom is 0.265 e.